The molecule has 0 aliphatic heterocycles. The number of rotatable bonds is 2. The Hall–Kier alpha value is -1.31. The minimum Gasteiger partial charge on any atom is -0.278 e. The quantitative estimate of drug-likeness (QED) is 0.811. The van der Waals surface area contributed by atoms with Crippen molar-refractivity contribution in [1.82, 2.24) is 10.2 Å². The molecule has 1 aromatic carbocycles. The van der Waals surface area contributed by atoms with E-state index in [2.05, 4.69) is 50.9 Å². The van der Waals surface area contributed by atoms with Crippen LogP contribution in [0.5, 0.6) is 0 Å². The topological polar surface area (TPSA) is 28.7 Å². The number of aromatic amines is 1. The first-order valence-corrected chi connectivity index (χ1v) is 5.91. The summed E-state index contributed by atoms with van der Waals surface area (Å²) in [5.41, 5.74) is 5.55. The van der Waals surface area contributed by atoms with Gasteiger partial charge in [0.15, 0.2) is 0 Å². The third-order valence-corrected chi connectivity index (χ3v) is 3.83. The minimum absolute atomic E-state index is 0.207. The summed E-state index contributed by atoms with van der Waals surface area (Å²) in [6.07, 6.45) is 3.09. The van der Waals surface area contributed by atoms with Crippen LogP contribution in [0.25, 0.3) is 10.9 Å². The minimum atomic E-state index is 0.207. The van der Waals surface area contributed by atoms with Crippen LogP contribution in [0.1, 0.15) is 43.9 Å². The van der Waals surface area contributed by atoms with Crippen LogP contribution in [-0.4, -0.2) is 10.2 Å². The predicted molar refractivity (Wildman–Crippen MR) is 68.9 cm³/mol. The maximum Gasteiger partial charge on any atom is 0.0656 e. The van der Waals surface area contributed by atoms with Crippen molar-refractivity contribution in [3.8, 4) is 0 Å². The SMILES string of the molecule is CCC(C)(C)c1c(C)c(C)cc2[nH]ncc12. The highest BCUT2D eigenvalue weighted by atomic mass is 15.1. The molecular weight excluding hydrogens is 196 g/mol. The zero-order valence-corrected chi connectivity index (χ0v) is 10.8. The first-order chi connectivity index (χ1) is 7.47. The molecule has 1 heterocycles. The molecule has 86 valence electrons. The molecule has 0 unspecified atom stereocenters. The number of aryl methyl sites for hydroxylation is 1. The lowest BCUT2D eigenvalue weighted by molar-refractivity contribution is 0.507. The molecule has 0 radical (unpaired) electrons. The van der Waals surface area contributed by atoms with Crippen molar-refractivity contribution in [1.29, 1.82) is 0 Å². The second-order valence-corrected chi connectivity index (χ2v) is 5.26. The van der Waals surface area contributed by atoms with Crippen LogP contribution >= 0.6 is 0 Å². The summed E-state index contributed by atoms with van der Waals surface area (Å²) in [6, 6.07) is 2.19. The third kappa shape index (κ3) is 1.53. The monoisotopic (exact) mass is 216 g/mol. The zero-order valence-electron chi connectivity index (χ0n) is 10.8. The third-order valence-electron chi connectivity index (χ3n) is 3.83. The van der Waals surface area contributed by atoms with Crippen LogP contribution in [-0.2, 0) is 5.41 Å². The maximum atomic E-state index is 4.17. The van der Waals surface area contributed by atoms with Crippen LogP contribution in [0.4, 0.5) is 0 Å². The molecular formula is C14H20N2. The van der Waals surface area contributed by atoms with E-state index in [9.17, 15) is 0 Å². The van der Waals surface area contributed by atoms with E-state index < -0.39 is 0 Å². The fourth-order valence-electron chi connectivity index (χ4n) is 2.38. The molecule has 2 aromatic rings. The van der Waals surface area contributed by atoms with Crippen LogP contribution in [0.2, 0.25) is 0 Å². The number of nitrogens with one attached hydrogen (secondary N) is 1. The number of nitrogens with zero attached hydrogens (tertiary/aromatic N) is 1. The summed E-state index contributed by atoms with van der Waals surface area (Å²) < 4.78 is 0. The Balaban J connectivity index is 2.84. The van der Waals surface area contributed by atoms with Crippen LogP contribution in [0, 0.1) is 13.8 Å². The van der Waals surface area contributed by atoms with Crippen molar-refractivity contribution in [3.63, 3.8) is 0 Å². The van der Waals surface area contributed by atoms with E-state index in [0.29, 0.717) is 0 Å². The van der Waals surface area contributed by atoms with Gasteiger partial charge in [0, 0.05) is 5.39 Å². The van der Waals surface area contributed by atoms with E-state index in [4.69, 9.17) is 0 Å². The van der Waals surface area contributed by atoms with Gasteiger partial charge in [0.25, 0.3) is 0 Å². The molecule has 0 amide bonds. The molecule has 2 heteroatoms. The Bertz CT molecular complexity index is 521. The number of fused-ring (bicyclic) bond motifs is 1. The maximum absolute atomic E-state index is 4.17. The van der Waals surface area contributed by atoms with E-state index in [-0.39, 0.29) is 5.41 Å². The summed E-state index contributed by atoms with van der Waals surface area (Å²) in [7, 11) is 0. The van der Waals surface area contributed by atoms with Gasteiger partial charge in [0.05, 0.1) is 11.7 Å². The molecule has 2 rings (SSSR count). The number of hydrogen-bond acceptors (Lipinski definition) is 1. The predicted octanol–water partition coefficient (Wildman–Crippen LogP) is 3.87. The highest BCUT2D eigenvalue weighted by Crippen LogP contribution is 2.36. The standard InChI is InChI=1S/C14H20N2/c1-6-14(4,5)13-10(3)9(2)7-12-11(13)8-15-16-12/h7-8H,6H2,1-5H3,(H,15,16). The van der Waals surface area contributed by atoms with Crippen molar-refractivity contribution < 1.29 is 0 Å². The molecule has 1 aromatic heterocycles. The molecule has 16 heavy (non-hydrogen) atoms. The smallest absolute Gasteiger partial charge is 0.0656 e. The Morgan fingerprint density at radius 1 is 1.31 bits per heavy atom. The van der Waals surface area contributed by atoms with Crippen LogP contribution in [0.3, 0.4) is 0 Å². The van der Waals surface area contributed by atoms with Gasteiger partial charge in [-0.1, -0.05) is 20.8 Å². The highest BCUT2D eigenvalue weighted by Gasteiger charge is 2.24. The van der Waals surface area contributed by atoms with Gasteiger partial charge in [-0.25, -0.2) is 0 Å². The molecule has 0 bridgehead atoms. The summed E-state index contributed by atoms with van der Waals surface area (Å²) >= 11 is 0. The lowest BCUT2D eigenvalue weighted by Gasteiger charge is -2.27. The van der Waals surface area contributed by atoms with Crippen molar-refractivity contribution in [2.45, 2.75) is 46.5 Å². The Kier molecular flexibility index (Phi) is 2.53. The van der Waals surface area contributed by atoms with E-state index in [1.807, 2.05) is 6.20 Å². The molecule has 0 spiro atoms. The molecule has 0 aliphatic rings. The molecule has 0 saturated carbocycles. The molecule has 0 aliphatic carbocycles. The molecule has 1 N–H and O–H groups in total. The Labute approximate surface area is 97.1 Å². The van der Waals surface area contributed by atoms with Gasteiger partial charge in [-0.05, 0) is 48.4 Å². The number of aromatic nitrogens is 2. The van der Waals surface area contributed by atoms with Gasteiger partial charge < -0.3 is 0 Å². The van der Waals surface area contributed by atoms with Crippen LogP contribution in [0.15, 0.2) is 12.3 Å². The number of hydrogen-bond donors (Lipinski definition) is 1. The highest BCUT2D eigenvalue weighted by molar-refractivity contribution is 5.85. The van der Waals surface area contributed by atoms with E-state index in [1.54, 1.807) is 0 Å². The van der Waals surface area contributed by atoms with Gasteiger partial charge in [-0.3, -0.25) is 5.10 Å². The number of H-pyrrole nitrogens is 1. The molecule has 0 saturated heterocycles. The fourth-order valence-corrected chi connectivity index (χ4v) is 2.38. The summed E-state index contributed by atoms with van der Waals surface area (Å²) in [5.74, 6) is 0. The molecule has 0 atom stereocenters. The van der Waals surface area contributed by atoms with Gasteiger partial charge in [0.2, 0.25) is 0 Å². The van der Waals surface area contributed by atoms with Gasteiger partial charge in [-0.15, -0.1) is 0 Å². The average molecular weight is 216 g/mol. The Morgan fingerprint density at radius 2 is 2.00 bits per heavy atom. The van der Waals surface area contributed by atoms with E-state index in [0.717, 1.165) is 11.9 Å². The first-order valence-electron chi connectivity index (χ1n) is 5.91. The van der Waals surface area contributed by atoms with Crippen molar-refractivity contribution >= 4 is 10.9 Å². The van der Waals surface area contributed by atoms with Crippen molar-refractivity contribution in [2.24, 2.45) is 0 Å². The lowest BCUT2D eigenvalue weighted by Crippen LogP contribution is -2.18. The molecule has 0 fully saturated rings. The summed E-state index contributed by atoms with van der Waals surface area (Å²) in [4.78, 5) is 0. The number of benzene rings is 1. The summed E-state index contributed by atoms with van der Waals surface area (Å²) in [5, 5.41) is 8.51. The second kappa shape index (κ2) is 3.62. The van der Waals surface area contributed by atoms with Crippen molar-refractivity contribution in [2.75, 3.05) is 0 Å². The lowest BCUT2D eigenvalue weighted by atomic mass is 9.77. The Morgan fingerprint density at radius 3 is 2.62 bits per heavy atom. The van der Waals surface area contributed by atoms with E-state index in [1.165, 1.54) is 22.1 Å². The van der Waals surface area contributed by atoms with E-state index >= 15 is 0 Å². The van der Waals surface area contributed by atoms with Crippen LogP contribution < -0.4 is 0 Å². The van der Waals surface area contributed by atoms with Gasteiger partial charge >= 0.3 is 0 Å². The fraction of sp³-hybridized carbons (Fsp3) is 0.500. The summed E-state index contributed by atoms with van der Waals surface area (Å²) in [6.45, 7) is 11.2. The zero-order chi connectivity index (χ0) is 11.9. The second-order valence-electron chi connectivity index (χ2n) is 5.26. The average Bonchev–Trinajstić information content (AvgIpc) is 2.66. The largest absolute Gasteiger partial charge is 0.278 e. The first kappa shape index (κ1) is 11.2. The van der Waals surface area contributed by atoms with Crippen molar-refractivity contribution in [3.05, 3.63) is 29.0 Å². The van der Waals surface area contributed by atoms with Gasteiger partial charge in [-0.2, -0.15) is 5.10 Å². The van der Waals surface area contributed by atoms with Gasteiger partial charge in [0.1, 0.15) is 0 Å². The normalized spacial score (nSPS) is 12.3. The molecule has 2 nitrogen and oxygen atoms in total.